The molecule has 2 bridgehead atoms. The SMILES string of the molecule is CCNC1CC2CCCC(C1)N2C(C)C(N)=O. The van der Waals surface area contributed by atoms with Crippen LogP contribution in [0.1, 0.15) is 46.0 Å². The smallest absolute Gasteiger partial charge is 0.234 e. The minimum absolute atomic E-state index is 0.104. The first-order valence-electron chi connectivity index (χ1n) is 6.93. The number of amides is 1. The minimum Gasteiger partial charge on any atom is -0.368 e. The zero-order valence-electron chi connectivity index (χ0n) is 11.0. The van der Waals surface area contributed by atoms with Gasteiger partial charge in [-0.2, -0.15) is 0 Å². The van der Waals surface area contributed by atoms with E-state index in [1.807, 2.05) is 6.92 Å². The van der Waals surface area contributed by atoms with Crippen LogP contribution < -0.4 is 11.1 Å². The molecule has 3 N–H and O–H groups in total. The average molecular weight is 239 g/mol. The number of carbonyl (C=O) groups is 1. The van der Waals surface area contributed by atoms with Crippen LogP contribution in [-0.2, 0) is 4.79 Å². The lowest BCUT2D eigenvalue weighted by Gasteiger charge is -2.51. The maximum absolute atomic E-state index is 11.4. The van der Waals surface area contributed by atoms with Crippen molar-refractivity contribution < 1.29 is 4.79 Å². The number of primary amides is 1. The van der Waals surface area contributed by atoms with Crippen LogP contribution in [0, 0.1) is 0 Å². The van der Waals surface area contributed by atoms with Gasteiger partial charge < -0.3 is 11.1 Å². The van der Waals surface area contributed by atoms with Crippen LogP contribution in [0.5, 0.6) is 0 Å². The summed E-state index contributed by atoms with van der Waals surface area (Å²) in [6.07, 6.45) is 6.08. The normalized spacial score (nSPS) is 35.5. The van der Waals surface area contributed by atoms with Crippen LogP contribution in [0.15, 0.2) is 0 Å². The van der Waals surface area contributed by atoms with Gasteiger partial charge in [0.15, 0.2) is 0 Å². The molecule has 3 atom stereocenters. The van der Waals surface area contributed by atoms with Crippen LogP contribution in [-0.4, -0.2) is 41.5 Å². The van der Waals surface area contributed by atoms with E-state index in [4.69, 9.17) is 5.73 Å². The van der Waals surface area contributed by atoms with Crippen LogP contribution in [0.2, 0.25) is 0 Å². The summed E-state index contributed by atoms with van der Waals surface area (Å²) in [5.41, 5.74) is 5.47. The lowest BCUT2D eigenvalue weighted by Crippen LogP contribution is -2.61. The summed E-state index contributed by atoms with van der Waals surface area (Å²) in [6.45, 7) is 5.16. The van der Waals surface area contributed by atoms with Gasteiger partial charge in [0.2, 0.25) is 5.91 Å². The van der Waals surface area contributed by atoms with Crippen LogP contribution in [0.4, 0.5) is 0 Å². The number of hydrogen-bond acceptors (Lipinski definition) is 3. The van der Waals surface area contributed by atoms with Gasteiger partial charge in [-0.3, -0.25) is 9.69 Å². The van der Waals surface area contributed by atoms with Crippen molar-refractivity contribution in [3.05, 3.63) is 0 Å². The predicted octanol–water partition coefficient (Wildman–Crippen LogP) is 0.855. The standard InChI is InChI=1S/C13H25N3O/c1-3-15-10-7-11-5-4-6-12(8-10)16(11)9(2)13(14)17/h9-12,15H,3-8H2,1-2H3,(H2,14,17). The van der Waals surface area contributed by atoms with Crippen molar-refractivity contribution in [2.24, 2.45) is 5.73 Å². The molecular weight excluding hydrogens is 214 g/mol. The Hall–Kier alpha value is -0.610. The molecule has 98 valence electrons. The second-order valence-corrected chi connectivity index (χ2v) is 5.49. The van der Waals surface area contributed by atoms with E-state index in [-0.39, 0.29) is 11.9 Å². The first-order valence-corrected chi connectivity index (χ1v) is 6.93. The van der Waals surface area contributed by atoms with Crippen LogP contribution in [0.25, 0.3) is 0 Å². The Morgan fingerprint density at radius 2 is 2.00 bits per heavy atom. The number of nitrogens with two attached hydrogens (primary N) is 1. The number of nitrogens with one attached hydrogen (secondary N) is 1. The largest absolute Gasteiger partial charge is 0.368 e. The molecule has 4 heteroatoms. The van der Waals surface area contributed by atoms with E-state index in [0.717, 1.165) is 6.54 Å². The molecule has 2 heterocycles. The van der Waals surface area contributed by atoms with E-state index in [0.29, 0.717) is 18.1 Å². The van der Waals surface area contributed by atoms with E-state index >= 15 is 0 Å². The highest BCUT2D eigenvalue weighted by Gasteiger charge is 2.41. The lowest BCUT2D eigenvalue weighted by molar-refractivity contribution is -0.127. The summed E-state index contributed by atoms with van der Waals surface area (Å²) in [6, 6.07) is 1.63. The van der Waals surface area contributed by atoms with Crippen LogP contribution >= 0.6 is 0 Å². The zero-order valence-corrected chi connectivity index (χ0v) is 11.0. The predicted molar refractivity (Wildman–Crippen MR) is 68.6 cm³/mol. The Labute approximate surface area is 104 Å². The van der Waals surface area contributed by atoms with Gasteiger partial charge in [-0.05, 0) is 39.2 Å². The molecule has 2 aliphatic heterocycles. The van der Waals surface area contributed by atoms with Gasteiger partial charge in [0, 0.05) is 18.1 Å². The van der Waals surface area contributed by atoms with E-state index in [2.05, 4.69) is 17.1 Å². The van der Waals surface area contributed by atoms with Crippen molar-refractivity contribution in [1.29, 1.82) is 0 Å². The summed E-state index contributed by atoms with van der Waals surface area (Å²) in [5.74, 6) is -0.177. The molecule has 4 nitrogen and oxygen atoms in total. The first kappa shape index (κ1) is 12.8. The maximum Gasteiger partial charge on any atom is 0.234 e. The Bertz CT molecular complexity index is 268. The fourth-order valence-corrected chi connectivity index (χ4v) is 3.65. The van der Waals surface area contributed by atoms with E-state index in [1.165, 1.54) is 32.1 Å². The molecule has 17 heavy (non-hydrogen) atoms. The van der Waals surface area contributed by atoms with Crippen molar-refractivity contribution in [3.63, 3.8) is 0 Å². The summed E-state index contributed by atoms with van der Waals surface area (Å²) in [7, 11) is 0. The number of fused-ring (bicyclic) bond motifs is 2. The molecule has 2 aliphatic rings. The molecule has 0 radical (unpaired) electrons. The summed E-state index contributed by atoms with van der Waals surface area (Å²) < 4.78 is 0. The molecule has 2 rings (SSSR count). The number of carbonyl (C=O) groups excluding carboxylic acids is 1. The van der Waals surface area contributed by atoms with Gasteiger partial charge in [-0.25, -0.2) is 0 Å². The van der Waals surface area contributed by atoms with Gasteiger partial charge in [0.05, 0.1) is 6.04 Å². The summed E-state index contributed by atoms with van der Waals surface area (Å²) in [5, 5.41) is 3.56. The Morgan fingerprint density at radius 3 is 2.47 bits per heavy atom. The number of piperidine rings is 2. The van der Waals surface area contributed by atoms with Gasteiger partial charge in [-0.1, -0.05) is 13.3 Å². The lowest BCUT2D eigenvalue weighted by atomic mass is 9.80. The molecule has 1 amide bonds. The quantitative estimate of drug-likeness (QED) is 0.765. The molecule has 0 saturated carbocycles. The van der Waals surface area contributed by atoms with Gasteiger partial charge in [0.25, 0.3) is 0 Å². The van der Waals surface area contributed by atoms with Crippen molar-refractivity contribution in [2.75, 3.05) is 6.54 Å². The Balaban J connectivity index is 2.07. The molecule has 0 aromatic heterocycles. The monoisotopic (exact) mass is 239 g/mol. The highest BCUT2D eigenvalue weighted by atomic mass is 16.1. The third-order valence-corrected chi connectivity index (χ3v) is 4.38. The molecule has 0 aromatic carbocycles. The molecular formula is C13H25N3O. The van der Waals surface area contributed by atoms with E-state index in [1.54, 1.807) is 0 Å². The fourth-order valence-electron chi connectivity index (χ4n) is 3.65. The number of nitrogens with zero attached hydrogens (tertiary/aromatic N) is 1. The molecule has 2 fully saturated rings. The highest BCUT2D eigenvalue weighted by Crippen LogP contribution is 2.35. The first-order chi connectivity index (χ1) is 8.13. The number of hydrogen-bond donors (Lipinski definition) is 2. The van der Waals surface area contributed by atoms with Crippen LogP contribution in [0.3, 0.4) is 0 Å². The molecule has 0 aliphatic carbocycles. The second-order valence-electron chi connectivity index (χ2n) is 5.49. The van der Waals surface area contributed by atoms with E-state index < -0.39 is 0 Å². The van der Waals surface area contributed by atoms with Gasteiger partial charge in [0.1, 0.15) is 0 Å². The van der Waals surface area contributed by atoms with E-state index in [9.17, 15) is 4.79 Å². The van der Waals surface area contributed by atoms with Crippen molar-refractivity contribution >= 4 is 5.91 Å². The maximum atomic E-state index is 11.4. The number of rotatable bonds is 4. The molecule has 2 saturated heterocycles. The second kappa shape index (κ2) is 5.36. The Morgan fingerprint density at radius 1 is 1.41 bits per heavy atom. The van der Waals surface area contributed by atoms with Gasteiger partial charge >= 0.3 is 0 Å². The zero-order chi connectivity index (χ0) is 12.4. The Kier molecular flexibility index (Phi) is 4.05. The van der Waals surface area contributed by atoms with Crippen molar-refractivity contribution in [2.45, 2.75) is 70.1 Å². The van der Waals surface area contributed by atoms with Crippen molar-refractivity contribution in [3.8, 4) is 0 Å². The molecule has 0 aromatic rings. The van der Waals surface area contributed by atoms with Gasteiger partial charge in [-0.15, -0.1) is 0 Å². The third kappa shape index (κ3) is 2.63. The fraction of sp³-hybridized carbons (Fsp3) is 0.923. The highest BCUT2D eigenvalue weighted by molar-refractivity contribution is 5.79. The average Bonchev–Trinajstić information content (AvgIpc) is 2.27. The third-order valence-electron chi connectivity index (χ3n) is 4.38. The minimum atomic E-state index is -0.177. The summed E-state index contributed by atoms with van der Waals surface area (Å²) >= 11 is 0. The topological polar surface area (TPSA) is 58.4 Å². The molecule has 0 spiro atoms. The molecule has 3 unspecified atom stereocenters. The summed E-state index contributed by atoms with van der Waals surface area (Å²) in [4.78, 5) is 13.8. The van der Waals surface area contributed by atoms with Crippen molar-refractivity contribution in [1.82, 2.24) is 10.2 Å².